The highest BCUT2D eigenvalue weighted by Gasteiger charge is 2.24. The molecule has 4 heteroatoms. The van der Waals surface area contributed by atoms with E-state index in [0.29, 0.717) is 0 Å². The molecule has 1 amide bonds. The van der Waals surface area contributed by atoms with Gasteiger partial charge in [-0.25, -0.2) is 0 Å². The molecule has 1 fully saturated rings. The average Bonchev–Trinajstić information content (AvgIpc) is 2.62. The number of nitrogens with one attached hydrogen (secondary N) is 1. The van der Waals surface area contributed by atoms with Gasteiger partial charge in [0.25, 0.3) is 5.91 Å². The number of carbonyl (C=O) groups is 1. The average molecular weight is 311 g/mol. The van der Waals surface area contributed by atoms with Crippen molar-refractivity contribution in [3.63, 3.8) is 0 Å². The Bertz CT molecular complexity index is 632. The number of carbonyl (C=O) groups excluding carboxylic acids is 1. The summed E-state index contributed by atoms with van der Waals surface area (Å²) in [6.45, 7) is 5.59. The lowest BCUT2D eigenvalue weighted by atomic mass is 10.2. The standard InChI is InChI=1S/C19H22N2O2/c1-16-7-9-18(10-8-16)23-15-19(22)21-13-11-20(12-14-21)17-5-3-2-4-6-17/h2-10H,11-15H2,1H3/p+1. The van der Waals surface area contributed by atoms with Gasteiger partial charge in [-0.1, -0.05) is 35.9 Å². The van der Waals surface area contributed by atoms with Gasteiger partial charge < -0.3 is 9.64 Å². The fourth-order valence-electron chi connectivity index (χ4n) is 2.86. The van der Waals surface area contributed by atoms with Crippen LogP contribution in [0.25, 0.3) is 0 Å². The Morgan fingerprint density at radius 1 is 1.04 bits per heavy atom. The van der Waals surface area contributed by atoms with Crippen LogP contribution in [0.1, 0.15) is 5.56 Å². The number of amides is 1. The van der Waals surface area contributed by atoms with Crippen molar-refractivity contribution in [2.45, 2.75) is 6.92 Å². The predicted molar refractivity (Wildman–Crippen MR) is 90.1 cm³/mol. The fraction of sp³-hybridized carbons (Fsp3) is 0.316. The summed E-state index contributed by atoms with van der Waals surface area (Å²) in [7, 11) is 0. The van der Waals surface area contributed by atoms with Crippen LogP contribution < -0.4 is 9.64 Å². The molecule has 0 spiro atoms. The van der Waals surface area contributed by atoms with Crippen molar-refractivity contribution >= 4 is 11.6 Å². The second-order valence-electron chi connectivity index (χ2n) is 5.95. The minimum atomic E-state index is 0.0673. The van der Waals surface area contributed by atoms with Crippen LogP contribution in [0.5, 0.6) is 5.75 Å². The minimum absolute atomic E-state index is 0.0673. The van der Waals surface area contributed by atoms with Crippen LogP contribution in [0.4, 0.5) is 5.69 Å². The Kier molecular flexibility index (Phi) is 4.93. The van der Waals surface area contributed by atoms with E-state index in [9.17, 15) is 4.79 Å². The molecule has 3 rings (SSSR count). The molecule has 1 N–H and O–H groups in total. The molecule has 0 atom stereocenters. The Morgan fingerprint density at radius 3 is 2.35 bits per heavy atom. The first-order valence-electron chi connectivity index (χ1n) is 8.10. The van der Waals surface area contributed by atoms with Crippen LogP contribution in [0.15, 0.2) is 54.6 Å². The maximum Gasteiger partial charge on any atom is 0.260 e. The monoisotopic (exact) mass is 311 g/mol. The maximum absolute atomic E-state index is 12.3. The van der Waals surface area contributed by atoms with Gasteiger partial charge in [0.2, 0.25) is 0 Å². The van der Waals surface area contributed by atoms with Crippen LogP contribution >= 0.6 is 0 Å². The molecule has 0 radical (unpaired) electrons. The molecule has 0 saturated carbocycles. The molecule has 0 aromatic heterocycles. The minimum Gasteiger partial charge on any atom is -0.484 e. The molecule has 1 aliphatic rings. The van der Waals surface area contributed by atoms with Crippen LogP contribution in [0, 0.1) is 6.92 Å². The highest BCUT2D eigenvalue weighted by Crippen LogP contribution is 2.11. The molecule has 120 valence electrons. The zero-order valence-corrected chi connectivity index (χ0v) is 13.5. The second kappa shape index (κ2) is 7.29. The SMILES string of the molecule is Cc1ccc(OCC(=O)N2CC[NH+](c3ccccc3)CC2)cc1. The van der Waals surface area contributed by atoms with E-state index < -0.39 is 0 Å². The van der Waals surface area contributed by atoms with Crippen molar-refractivity contribution in [3.8, 4) is 5.75 Å². The first-order chi connectivity index (χ1) is 11.2. The summed E-state index contributed by atoms with van der Waals surface area (Å²) >= 11 is 0. The predicted octanol–water partition coefficient (Wildman–Crippen LogP) is 1.43. The molecule has 0 bridgehead atoms. The van der Waals surface area contributed by atoms with Gasteiger partial charge in [-0.15, -0.1) is 0 Å². The molecule has 4 nitrogen and oxygen atoms in total. The lowest BCUT2D eigenvalue weighted by Crippen LogP contribution is -3.10. The van der Waals surface area contributed by atoms with Crippen LogP contribution in [0.3, 0.4) is 0 Å². The van der Waals surface area contributed by atoms with Crippen molar-refractivity contribution in [3.05, 3.63) is 60.2 Å². The Hall–Kier alpha value is -2.33. The van der Waals surface area contributed by atoms with Crippen molar-refractivity contribution < 1.29 is 14.4 Å². The van der Waals surface area contributed by atoms with Crippen LogP contribution in [-0.4, -0.2) is 43.6 Å². The van der Waals surface area contributed by atoms with Gasteiger partial charge in [-0.2, -0.15) is 0 Å². The first-order valence-corrected chi connectivity index (χ1v) is 8.10. The Labute approximate surface area is 137 Å². The summed E-state index contributed by atoms with van der Waals surface area (Å²) in [6, 6.07) is 18.2. The van der Waals surface area contributed by atoms with Gasteiger partial charge in [0.1, 0.15) is 11.4 Å². The van der Waals surface area contributed by atoms with E-state index in [1.165, 1.54) is 16.2 Å². The molecule has 1 heterocycles. The third-order valence-electron chi connectivity index (χ3n) is 4.29. The van der Waals surface area contributed by atoms with Gasteiger partial charge in [-0.05, 0) is 31.2 Å². The van der Waals surface area contributed by atoms with Crippen molar-refractivity contribution in [1.29, 1.82) is 0 Å². The molecular formula is C19H23N2O2+. The molecule has 1 aliphatic heterocycles. The summed E-state index contributed by atoms with van der Waals surface area (Å²) in [4.78, 5) is 15.6. The van der Waals surface area contributed by atoms with Gasteiger partial charge in [0.15, 0.2) is 6.61 Å². The molecule has 23 heavy (non-hydrogen) atoms. The number of hydrogen-bond acceptors (Lipinski definition) is 2. The number of ether oxygens (including phenoxy) is 1. The van der Waals surface area contributed by atoms with E-state index in [4.69, 9.17) is 4.74 Å². The number of hydrogen-bond donors (Lipinski definition) is 1. The van der Waals surface area contributed by atoms with E-state index in [-0.39, 0.29) is 12.5 Å². The summed E-state index contributed by atoms with van der Waals surface area (Å²) < 4.78 is 5.59. The number of aryl methyl sites for hydroxylation is 1. The number of quaternary nitrogens is 1. The summed E-state index contributed by atoms with van der Waals surface area (Å²) in [5, 5.41) is 0. The van der Waals surface area contributed by atoms with Crippen molar-refractivity contribution in [2.24, 2.45) is 0 Å². The van der Waals surface area contributed by atoms with E-state index in [1.807, 2.05) is 42.2 Å². The lowest BCUT2D eigenvalue weighted by Gasteiger charge is -2.31. The van der Waals surface area contributed by atoms with Crippen molar-refractivity contribution in [2.75, 3.05) is 32.8 Å². The number of rotatable bonds is 4. The largest absolute Gasteiger partial charge is 0.484 e. The summed E-state index contributed by atoms with van der Waals surface area (Å²) in [5.74, 6) is 0.815. The third kappa shape index (κ3) is 4.11. The van der Waals surface area contributed by atoms with Crippen LogP contribution in [-0.2, 0) is 4.79 Å². The van der Waals surface area contributed by atoms with Gasteiger partial charge >= 0.3 is 0 Å². The van der Waals surface area contributed by atoms with Gasteiger partial charge in [-0.3, -0.25) is 9.69 Å². The number of nitrogens with zero attached hydrogens (tertiary/aromatic N) is 1. The smallest absolute Gasteiger partial charge is 0.260 e. The van der Waals surface area contributed by atoms with Crippen molar-refractivity contribution in [1.82, 2.24) is 4.90 Å². The number of benzene rings is 2. The molecule has 0 aliphatic carbocycles. The van der Waals surface area contributed by atoms with E-state index in [1.54, 1.807) is 0 Å². The van der Waals surface area contributed by atoms with Gasteiger partial charge in [0, 0.05) is 0 Å². The normalized spacial score (nSPS) is 15.4. The zero-order chi connectivity index (χ0) is 16.1. The molecular weight excluding hydrogens is 288 g/mol. The third-order valence-corrected chi connectivity index (χ3v) is 4.29. The highest BCUT2D eigenvalue weighted by atomic mass is 16.5. The Morgan fingerprint density at radius 2 is 1.70 bits per heavy atom. The van der Waals surface area contributed by atoms with Crippen LogP contribution in [0.2, 0.25) is 0 Å². The highest BCUT2D eigenvalue weighted by molar-refractivity contribution is 5.77. The fourth-order valence-corrected chi connectivity index (χ4v) is 2.86. The van der Waals surface area contributed by atoms with E-state index in [0.717, 1.165) is 31.9 Å². The quantitative estimate of drug-likeness (QED) is 0.927. The topological polar surface area (TPSA) is 34.0 Å². The lowest BCUT2D eigenvalue weighted by molar-refractivity contribution is -0.837. The number of piperazine rings is 1. The first kappa shape index (κ1) is 15.6. The summed E-state index contributed by atoms with van der Waals surface area (Å²) in [5.41, 5.74) is 2.49. The number of para-hydroxylation sites is 1. The molecule has 1 saturated heterocycles. The summed E-state index contributed by atoms with van der Waals surface area (Å²) in [6.07, 6.45) is 0. The molecule has 2 aromatic carbocycles. The van der Waals surface area contributed by atoms with E-state index >= 15 is 0 Å². The Balaban J connectivity index is 1.47. The second-order valence-corrected chi connectivity index (χ2v) is 5.95. The molecule has 0 unspecified atom stereocenters. The maximum atomic E-state index is 12.3. The molecule has 2 aromatic rings. The zero-order valence-electron chi connectivity index (χ0n) is 13.5. The van der Waals surface area contributed by atoms with E-state index in [2.05, 4.69) is 24.3 Å². The van der Waals surface area contributed by atoms with Gasteiger partial charge in [0.05, 0.1) is 26.2 Å².